The largest absolute Gasteiger partial charge is 0.398 e. The maximum atomic E-state index is 15.1. The van der Waals surface area contributed by atoms with E-state index in [4.69, 9.17) is 10.7 Å². The number of piperazine rings is 1. The molecule has 0 spiro atoms. The number of aromatic nitrogens is 2. The first-order chi connectivity index (χ1) is 28.2. The minimum absolute atomic E-state index is 0.0541. The zero-order valence-corrected chi connectivity index (χ0v) is 33.1. The van der Waals surface area contributed by atoms with Gasteiger partial charge in [-0.2, -0.15) is 10.4 Å². The first-order valence-electron chi connectivity index (χ1n) is 20.2. The summed E-state index contributed by atoms with van der Waals surface area (Å²) in [6.45, 7) is 8.35. The smallest absolute Gasteiger partial charge is 0.274 e. The molecule has 16 heteroatoms. The summed E-state index contributed by atoms with van der Waals surface area (Å²) in [6, 6.07) is 14.0. The number of halogens is 2. The number of nitrogens with two attached hydrogens (primary N) is 1. The fraction of sp³-hybridized carbons (Fsp3) is 0.442. The number of anilines is 3. The van der Waals surface area contributed by atoms with Gasteiger partial charge in [0.05, 0.1) is 34.8 Å². The number of benzene rings is 2. The number of carbonyl (C=O) groups is 3. The van der Waals surface area contributed by atoms with E-state index in [1.807, 2.05) is 11.0 Å². The molecule has 8 rings (SSSR count). The molecule has 2 aromatic carbocycles. The third-order valence-electron chi connectivity index (χ3n) is 12.3. The van der Waals surface area contributed by atoms with Crippen LogP contribution in [0.4, 0.5) is 25.8 Å². The van der Waals surface area contributed by atoms with E-state index in [0.29, 0.717) is 64.4 Å². The summed E-state index contributed by atoms with van der Waals surface area (Å²) < 4.78 is 31.7. The van der Waals surface area contributed by atoms with Crippen molar-refractivity contribution in [3.63, 3.8) is 0 Å². The topological polar surface area (TPSA) is 185 Å². The molecule has 0 radical (unpaired) electrons. The molecule has 5 N–H and O–H groups in total. The Balaban J connectivity index is 0.827. The fourth-order valence-corrected chi connectivity index (χ4v) is 8.95. The van der Waals surface area contributed by atoms with Crippen LogP contribution in [-0.2, 0) is 15.2 Å². The van der Waals surface area contributed by atoms with E-state index in [1.165, 1.54) is 22.8 Å². The van der Waals surface area contributed by atoms with E-state index in [0.717, 1.165) is 51.9 Å². The van der Waals surface area contributed by atoms with Gasteiger partial charge in [-0.05, 0) is 88.4 Å². The van der Waals surface area contributed by atoms with Crippen LogP contribution in [0.1, 0.15) is 91.0 Å². The molecule has 0 unspecified atom stereocenters. The lowest BCUT2D eigenvalue weighted by Crippen LogP contribution is -2.64. The lowest BCUT2D eigenvalue weighted by molar-refractivity contribution is -0.134. The number of carbonyl (C=O) groups excluding carboxylic acids is 3. The van der Waals surface area contributed by atoms with Crippen molar-refractivity contribution in [3.05, 3.63) is 88.2 Å². The molecule has 0 bridgehead atoms. The molecule has 5 heterocycles. The molecule has 4 aromatic rings. The summed E-state index contributed by atoms with van der Waals surface area (Å²) in [5, 5.41) is 29.5. The summed E-state index contributed by atoms with van der Waals surface area (Å²) in [5.74, 6) is -4.05. The van der Waals surface area contributed by atoms with Crippen LogP contribution < -0.4 is 21.3 Å². The summed E-state index contributed by atoms with van der Waals surface area (Å²) in [5.41, 5.74) is 8.55. The number of hydrogen-bond donors (Lipinski definition) is 4. The molecule has 4 aliphatic rings. The van der Waals surface area contributed by atoms with E-state index in [1.54, 1.807) is 50.4 Å². The van der Waals surface area contributed by atoms with Crippen molar-refractivity contribution in [3.8, 4) is 6.07 Å². The number of aliphatic imine (C=N–C) groups is 1. The van der Waals surface area contributed by atoms with E-state index >= 15 is 8.78 Å². The van der Waals surface area contributed by atoms with Crippen molar-refractivity contribution in [2.24, 2.45) is 4.99 Å². The van der Waals surface area contributed by atoms with E-state index < -0.39 is 40.9 Å². The van der Waals surface area contributed by atoms with Crippen LogP contribution in [0.2, 0.25) is 0 Å². The van der Waals surface area contributed by atoms with Gasteiger partial charge in [-0.15, -0.1) is 0 Å². The molecule has 2 aromatic heterocycles. The highest BCUT2D eigenvalue weighted by atomic mass is 19.1. The number of nitrogen functional groups attached to an aromatic ring is 1. The van der Waals surface area contributed by atoms with Crippen LogP contribution in [0.3, 0.4) is 0 Å². The Labute approximate surface area is 340 Å². The normalized spacial score (nSPS) is 22.4. The number of rotatable bonds is 9. The van der Waals surface area contributed by atoms with Crippen molar-refractivity contribution in [2.45, 2.75) is 82.0 Å². The van der Waals surface area contributed by atoms with Crippen LogP contribution in [0.15, 0.2) is 53.7 Å². The van der Waals surface area contributed by atoms with Crippen LogP contribution in [0.25, 0.3) is 5.52 Å². The molecule has 3 saturated heterocycles. The Hall–Kier alpha value is -5.76. The van der Waals surface area contributed by atoms with E-state index in [-0.39, 0.29) is 30.1 Å². The van der Waals surface area contributed by atoms with Crippen LogP contribution in [0, 0.1) is 23.0 Å². The molecule has 1 aliphatic carbocycles. The fourth-order valence-electron chi connectivity index (χ4n) is 8.95. The number of nitrogens with one attached hydrogen (secondary N) is 2. The van der Waals surface area contributed by atoms with Gasteiger partial charge in [0.15, 0.2) is 0 Å². The predicted molar refractivity (Wildman–Crippen MR) is 218 cm³/mol. The molecule has 59 heavy (non-hydrogen) atoms. The van der Waals surface area contributed by atoms with Crippen LogP contribution in [-0.4, -0.2) is 106 Å². The second-order valence-corrected chi connectivity index (χ2v) is 16.6. The highest BCUT2D eigenvalue weighted by Crippen LogP contribution is 2.36. The molecule has 1 saturated carbocycles. The average molecular weight is 807 g/mol. The average Bonchev–Trinajstić information content (AvgIpc) is 3.61. The van der Waals surface area contributed by atoms with Gasteiger partial charge in [0.25, 0.3) is 5.91 Å². The summed E-state index contributed by atoms with van der Waals surface area (Å²) in [4.78, 5) is 49.1. The quantitative estimate of drug-likeness (QED) is 0.108. The van der Waals surface area contributed by atoms with Gasteiger partial charge < -0.3 is 21.1 Å². The van der Waals surface area contributed by atoms with Gasteiger partial charge in [0, 0.05) is 97.7 Å². The maximum Gasteiger partial charge on any atom is 0.274 e. The number of hydrogen-bond acceptors (Lipinski definition) is 11. The van der Waals surface area contributed by atoms with Gasteiger partial charge in [0.1, 0.15) is 23.4 Å². The van der Waals surface area contributed by atoms with Crippen molar-refractivity contribution >= 4 is 46.5 Å². The number of imide groups is 1. The van der Waals surface area contributed by atoms with Crippen molar-refractivity contribution in [2.75, 3.05) is 55.2 Å². The van der Waals surface area contributed by atoms with Gasteiger partial charge in [-0.3, -0.25) is 34.5 Å². The van der Waals surface area contributed by atoms with E-state index in [2.05, 4.69) is 25.5 Å². The van der Waals surface area contributed by atoms with Gasteiger partial charge in [-0.1, -0.05) is 0 Å². The zero-order chi connectivity index (χ0) is 41.6. The molecule has 4 fully saturated rings. The predicted octanol–water partition coefficient (Wildman–Crippen LogP) is 4.30. The second-order valence-electron chi connectivity index (χ2n) is 16.6. The van der Waals surface area contributed by atoms with Crippen LogP contribution in [0.5, 0.6) is 0 Å². The Bertz CT molecular complexity index is 2340. The molecule has 1 atom stereocenters. The van der Waals surface area contributed by atoms with Crippen molar-refractivity contribution < 1.29 is 28.3 Å². The highest BCUT2D eigenvalue weighted by Gasteiger charge is 2.38. The first kappa shape index (κ1) is 40.0. The molecule has 3 aliphatic heterocycles. The van der Waals surface area contributed by atoms with Crippen molar-refractivity contribution in [1.29, 1.82) is 5.26 Å². The highest BCUT2D eigenvalue weighted by molar-refractivity contribution is 6.05. The maximum absolute atomic E-state index is 15.1. The lowest BCUT2D eigenvalue weighted by Gasteiger charge is -2.50. The first-order valence-corrected chi connectivity index (χ1v) is 20.2. The van der Waals surface area contributed by atoms with Gasteiger partial charge in [0.2, 0.25) is 11.8 Å². The number of nitrogens with zero attached hydrogens (tertiary/aromatic N) is 7. The minimum atomic E-state index is -1.30. The molecule has 308 valence electrons. The minimum Gasteiger partial charge on any atom is -0.398 e. The van der Waals surface area contributed by atoms with E-state index in [9.17, 15) is 24.8 Å². The third kappa shape index (κ3) is 8.27. The molecular formula is C43H48F2N10O4. The zero-order valence-electron chi connectivity index (χ0n) is 33.1. The summed E-state index contributed by atoms with van der Waals surface area (Å²) in [6.07, 6.45) is 7.21. The van der Waals surface area contributed by atoms with Crippen LogP contribution >= 0.6 is 0 Å². The molecule has 3 amide bonds. The molecular weight excluding hydrogens is 759 g/mol. The van der Waals surface area contributed by atoms with Gasteiger partial charge >= 0.3 is 0 Å². The standard InChI is InChI=1S/C43H48F2N10O4/c1-43(2,59)33-19-36(47)26(16-37(33)50-42(58)38-9-7-29-15-25(20-46)21-49-55(29)38)22-48-27-3-5-28(6-4-27)52-11-13-53(14-12-52)31-23-54(24-31)30-17-34(44)40(35(45)18-30)32-8-10-39(56)51-41(32)57/h7,9,15-19,21-22,27-28,31-32,59H,3-6,8,10-14,23-24,47H2,1-2H3,(H,50,58)(H,51,56,57)/t27?,28?,32-/m1/s1. The Morgan fingerprint density at radius 3 is 2.32 bits per heavy atom. The summed E-state index contributed by atoms with van der Waals surface area (Å²) in [7, 11) is 0. The van der Waals surface area contributed by atoms with Crippen molar-refractivity contribution in [1.82, 2.24) is 24.7 Å². The number of fused-ring (bicyclic) bond motifs is 1. The SMILES string of the molecule is CC(C)(O)c1cc(N)c(C=NC2CCC(N3CCN(C4CN(c5cc(F)c([C@H]6CCC(=O)NC6=O)c(F)c5)C4)CC3)CC2)cc1NC(=O)c1ccc2cc(C#N)cnn12. The summed E-state index contributed by atoms with van der Waals surface area (Å²) >= 11 is 0. The lowest BCUT2D eigenvalue weighted by atomic mass is 9.89. The molecule has 14 nitrogen and oxygen atoms in total. The Morgan fingerprint density at radius 1 is 1.00 bits per heavy atom. The number of nitriles is 1. The second kappa shape index (κ2) is 16.1. The number of amides is 3. The number of piperidine rings is 1. The Morgan fingerprint density at radius 2 is 1.68 bits per heavy atom. The Kier molecular flexibility index (Phi) is 10.9. The monoisotopic (exact) mass is 806 g/mol. The van der Waals surface area contributed by atoms with Gasteiger partial charge in [-0.25, -0.2) is 13.3 Å². The number of aliphatic hydroxyl groups is 1. The third-order valence-corrected chi connectivity index (χ3v) is 12.3.